The van der Waals surface area contributed by atoms with Crippen LogP contribution in [0.1, 0.15) is 25.0 Å². The van der Waals surface area contributed by atoms with Crippen LogP contribution in [0.4, 0.5) is 11.4 Å². The van der Waals surface area contributed by atoms with Crippen molar-refractivity contribution in [2.24, 2.45) is 0 Å². The molecular weight excluding hydrogens is 384 g/mol. The van der Waals surface area contributed by atoms with Gasteiger partial charge in [0.05, 0.1) is 0 Å². The van der Waals surface area contributed by atoms with Gasteiger partial charge in [-0.2, -0.15) is 0 Å². The average molecular weight is 411 g/mol. The highest BCUT2D eigenvalue weighted by Crippen LogP contribution is 2.43. The van der Waals surface area contributed by atoms with Gasteiger partial charge in [0, 0.05) is 40.0 Å². The molecule has 4 aromatic carbocycles. The van der Waals surface area contributed by atoms with Crippen LogP contribution in [0.5, 0.6) is 23.0 Å². The van der Waals surface area contributed by atoms with E-state index < -0.39 is 5.41 Å². The second-order valence-corrected chi connectivity index (χ2v) is 7.97. The molecule has 0 radical (unpaired) electrons. The van der Waals surface area contributed by atoms with Gasteiger partial charge < -0.3 is 20.9 Å². The molecule has 0 unspecified atom stereocenters. The molecule has 0 heterocycles. The maximum absolute atomic E-state index is 6.23. The van der Waals surface area contributed by atoms with Gasteiger partial charge in [0.25, 0.3) is 0 Å². The molecule has 0 bridgehead atoms. The van der Waals surface area contributed by atoms with Crippen LogP contribution < -0.4 is 20.9 Å². The first-order chi connectivity index (χ1) is 14.9. The summed E-state index contributed by atoms with van der Waals surface area (Å²) in [6.07, 6.45) is 0. The van der Waals surface area contributed by atoms with Crippen molar-refractivity contribution in [3.63, 3.8) is 0 Å². The molecule has 4 nitrogen and oxygen atoms in total. The maximum atomic E-state index is 6.23. The van der Waals surface area contributed by atoms with Crippen LogP contribution in [-0.4, -0.2) is 0 Å². The number of hydrogen-bond acceptors (Lipinski definition) is 4. The topological polar surface area (TPSA) is 70.5 Å². The number of ether oxygens (including phenoxy) is 2. The first kappa shape index (κ1) is 20.4. The molecule has 0 aliphatic carbocycles. The first-order valence-corrected chi connectivity index (χ1v) is 10.2. The van der Waals surface area contributed by atoms with E-state index in [1.54, 1.807) is 0 Å². The Hall–Kier alpha value is -3.92. The van der Waals surface area contributed by atoms with Crippen LogP contribution in [0.15, 0.2) is 97.1 Å². The molecule has 4 rings (SSSR count). The highest BCUT2D eigenvalue weighted by molar-refractivity contribution is 5.54. The monoisotopic (exact) mass is 410 g/mol. The van der Waals surface area contributed by atoms with E-state index in [4.69, 9.17) is 20.9 Å². The van der Waals surface area contributed by atoms with Gasteiger partial charge in [0.15, 0.2) is 0 Å². The zero-order valence-electron chi connectivity index (χ0n) is 17.7. The molecule has 4 heteroatoms. The number of hydrogen-bond donors (Lipinski definition) is 2. The fourth-order valence-corrected chi connectivity index (χ4v) is 3.70. The Morgan fingerprint density at radius 1 is 0.548 bits per heavy atom. The van der Waals surface area contributed by atoms with Gasteiger partial charge in [-0.3, -0.25) is 0 Å². The zero-order valence-corrected chi connectivity index (χ0v) is 17.7. The van der Waals surface area contributed by atoms with Crippen molar-refractivity contribution in [2.45, 2.75) is 19.3 Å². The van der Waals surface area contributed by atoms with E-state index in [0.29, 0.717) is 22.9 Å². The minimum atomic E-state index is -0.395. The lowest BCUT2D eigenvalue weighted by Gasteiger charge is -2.30. The van der Waals surface area contributed by atoms with E-state index in [1.165, 1.54) is 0 Å². The van der Waals surface area contributed by atoms with Crippen molar-refractivity contribution in [3.8, 4) is 23.0 Å². The van der Waals surface area contributed by atoms with Gasteiger partial charge in [0.1, 0.15) is 23.0 Å². The Bertz CT molecular complexity index is 1110. The van der Waals surface area contributed by atoms with Crippen LogP contribution in [0.25, 0.3) is 0 Å². The van der Waals surface area contributed by atoms with Crippen molar-refractivity contribution < 1.29 is 9.47 Å². The quantitative estimate of drug-likeness (QED) is 0.344. The molecule has 0 fully saturated rings. The van der Waals surface area contributed by atoms with Crippen LogP contribution in [0.3, 0.4) is 0 Å². The summed E-state index contributed by atoms with van der Waals surface area (Å²) in [4.78, 5) is 0. The lowest BCUT2D eigenvalue weighted by molar-refractivity contribution is 0.445. The summed E-state index contributed by atoms with van der Waals surface area (Å²) in [5.41, 5.74) is 14.9. The SMILES string of the molecule is CC(C)(c1ccccc1Oc1cccc(N)c1)c1ccccc1Oc1cccc(N)c1. The Kier molecular flexibility index (Phi) is 5.54. The van der Waals surface area contributed by atoms with Gasteiger partial charge >= 0.3 is 0 Å². The smallest absolute Gasteiger partial charge is 0.131 e. The van der Waals surface area contributed by atoms with Crippen molar-refractivity contribution in [1.29, 1.82) is 0 Å². The second kappa shape index (κ2) is 8.44. The van der Waals surface area contributed by atoms with E-state index in [-0.39, 0.29) is 0 Å². The predicted molar refractivity (Wildman–Crippen MR) is 127 cm³/mol. The van der Waals surface area contributed by atoms with E-state index in [2.05, 4.69) is 26.0 Å². The van der Waals surface area contributed by atoms with Crippen molar-refractivity contribution in [1.82, 2.24) is 0 Å². The Labute approximate surface area is 183 Å². The standard InChI is InChI=1S/C27H26N2O2/c1-27(2,23-13-3-5-15-25(23)30-21-11-7-9-19(28)17-21)24-14-4-6-16-26(24)31-22-12-8-10-20(29)18-22/h3-18H,28-29H2,1-2H3. The van der Waals surface area contributed by atoms with E-state index in [1.807, 2.05) is 84.9 Å². The maximum Gasteiger partial charge on any atom is 0.131 e. The normalized spacial score (nSPS) is 11.2. The minimum Gasteiger partial charge on any atom is -0.457 e. The first-order valence-electron chi connectivity index (χ1n) is 10.2. The number of rotatable bonds is 6. The van der Waals surface area contributed by atoms with Crippen LogP contribution in [0.2, 0.25) is 0 Å². The third kappa shape index (κ3) is 4.48. The van der Waals surface area contributed by atoms with E-state index in [0.717, 1.165) is 22.6 Å². The fourth-order valence-electron chi connectivity index (χ4n) is 3.70. The summed E-state index contributed by atoms with van der Waals surface area (Å²) in [5.74, 6) is 2.95. The van der Waals surface area contributed by atoms with Crippen LogP contribution in [0, 0.1) is 0 Å². The Morgan fingerprint density at radius 2 is 0.968 bits per heavy atom. The number of benzene rings is 4. The molecule has 0 saturated heterocycles. The van der Waals surface area contributed by atoms with Crippen LogP contribution >= 0.6 is 0 Å². The molecule has 0 saturated carbocycles. The van der Waals surface area contributed by atoms with Crippen molar-refractivity contribution in [3.05, 3.63) is 108 Å². The van der Waals surface area contributed by atoms with Gasteiger partial charge in [-0.1, -0.05) is 62.4 Å². The number of para-hydroxylation sites is 2. The molecule has 0 amide bonds. The van der Waals surface area contributed by atoms with Gasteiger partial charge in [-0.25, -0.2) is 0 Å². The average Bonchev–Trinajstić information content (AvgIpc) is 2.74. The molecule has 0 spiro atoms. The third-order valence-electron chi connectivity index (χ3n) is 5.29. The summed E-state index contributed by atoms with van der Waals surface area (Å²) in [6, 6.07) is 31.0. The molecule has 156 valence electrons. The van der Waals surface area contributed by atoms with Gasteiger partial charge in [-0.05, 0) is 36.4 Å². The summed E-state index contributed by atoms with van der Waals surface area (Å²) < 4.78 is 12.5. The lowest BCUT2D eigenvalue weighted by Crippen LogP contribution is -2.20. The molecule has 0 aliphatic rings. The second-order valence-electron chi connectivity index (χ2n) is 7.97. The van der Waals surface area contributed by atoms with Crippen molar-refractivity contribution in [2.75, 3.05) is 11.5 Å². The summed E-state index contributed by atoms with van der Waals surface area (Å²) in [7, 11) is 0. The molecule has 0 atom stereocenters. The predicted octanol–water partition coefficient (Wildman–Crippen LogP) is 6.76. The fraction of sp³-hybridized carbons (Fsp3) is 0.111. The number of nitrogens with two attached hydrogens (primary N) is 2. The number of nitrogen functional groups attached to an aromatic ring is 2. The lowest BCUT2D eigenvalue weighted by atomic mass is 9.77. The van der Waals surface area contributed by atoms with Crippen molar-refractivity contribution >= 4 is 11.4 Å². The Morgan fingerprint density at radius 3 is 1.39 bits per heavy atom. The molecule has 4 N–H and O–H groups in total. The zero-order chi connectivity index (χ0) is 21.8. The third-order valence-corrected chi connectivity index (χ3v) is 5.29. The van der Waals surface area contributed by atoms with Gasteiger partial charge in [-0.15, -0.1) is 0 Å². The molecule has 0 aliphatic heterocycles. The van der Waals surface area contributed by atoms with E-state index >= 15 is 0 Å². The highest BCUT2D eigenvalue weighted by atomic mass is 16.5. The van der Waals surface area contributed by atoms with Gasteiger partial charge in [0.2, 0.25) is 0 Å². The molecular formula is C27H26N2O2. The summed E-state index contributed by atoms with van der Waals surface area (Å²) >= 11 is 0. The molecule has 4 aromatic rings. The van der Waals surface area contributed by atoms with E-state index in [9.17, 15) is 0 Å². The molecule has 31 heavy (non-hydrogen) atoms. The highest BCUT2D eigenvalue weighted by Gasteiger charge is 2.30. The summed E-state index contributed by atoms with van der Waals surface area (Å²) in [5, 5.41) is 0. The summed E-state index contributed by atoms with van der Waals surface area (Å²) in [6.45, 7) is 4.33. The van der Waals surface area contributed by atoms with Crippen LogP contribution in [-0.2, 0) is 5.41 Å². The Balaban J connectivity index is 1.73. The molecule has 0 aromatic heterocycles. The number of anilines is 2. The largest absolute Gasteiger partial charge is 0.457 e. The minimum absolute atomic E-state index is 0.395.